The van der Waals surface area contributed by atoms with Crippen LogP contribution in [-0.4, -0.2) is 69.0 Å². The number of carbonyl (C=O) groups excluding carboxylic acids is 1. The van der Waals surface area contributed by atoms with E-state index in [1.807, 2.05) is 13.8 Å². The molecule has 1 fully saturated rings. The molecule has 1 saturated heterocycles. The first-order chi connectivity index (χ1) is 10.1. The van der Waals surface area contributed by atoms with Crippen molar-refractivity contribution in [2.45, 2.75) is 51.4 Å². The van der Waals surface area contributed by atoms with Gasteiger partial charge in [-0.3, -0.25) is 9.69 Å². The van der Waals surface area contributed by atoms with Crippen molar-refractivity contribution in [2.24, 2.45) is 5.73 Å². The van der Waals surface area contributed by atoms with Gasteiger partial charge >= 0.3 is 0 Å². The Bertz CT molecular complexity index is 300. The fraction of sp³-hybridized carbons (Fsp3) is 0.933. The van der Waals surface area contributed by atoms with Crippen molar-refractivity contribution in [1.82, 2.24) is 10.2 Å². The van der Waals surface area contributed by atoms with E-state index in [2.05, 4.69) is 10.2 Å². The van der Waals surface area contributed by atoms with Crippen LogP contribution >= 0.6 is 0 Å². The zero-order valence-electron chi connectivity index (χ0n) is 13.6. The summed E-state index contributed by atoms with van der Waals surface area (Å²) < 4.78 is 10.8. The number of ether oxygens (including phenoxy) is 2. The molecule has 0 radical (unpaired) electrons. The van der Waals surface area contributed by atoms with Gasteiger partial charge in [-0.15, -0.1) is 0 Å². The minimum absolute atomic E-state index is 0.0638. The first-order valence-corrected chi connectivity index (χ1v) is 7.92. The molecule has 2 unspecified atom stereocenters. The number of nitrogens with one attached hydrogen (secondary N) is 1. The lowest BCUT2D eigenvalue weighted by Crippen LogP contribution is -2.51. The number of hydrogen-bond donors (Lipinski definition) is 2. The van der Waals surface area contributed by atoms with E-state index in [9.17, 15) is 4.79 Å². The van der Waals surface area contributed by atoms with E-state index in [0.29, 0.717) is 26.2 Å². The molecule has 6 nitrogen and oxygen atoms in total. The first-order valence-electron chi connectivity index (χ1n) is 7.92. The zero-order chi connectivity index (χ0) is 15.7. The fourth-order valence-electron chi connectivity index (χ4n) is 2.59. The summed E-state index contributed by atoms with van der Waals surface area (Å²) in [5, 5.41) is 2.94. The van der Waals surface area contributed by atoms with Crippen molar-refractivity contribution in [3.8, 4) is 0 Å². The second kappa shape index (κ2) is 10.1. The fourth-order valence-corrected chi connectivity index (χ4v) is 2.59. The van der Waals surface area contributed by atoms with Crippen molar-refractivity contribution in [3.63, 3.8) is 0 Å². The predicted molar refractivity (Wildman–Crippen MR) is 83.2 cm³/mol. The van der Waals surface area contributed by atoms with Crippen molar-refractivity contribution in [1.29, 1.82) is 0 Å². The highest BCUT2D eigenvalue weighted by Crippen LogP contribution is 2.18. The molecule has 1 aliphatic heterocycles. The Morgan fingerprint density at radius 2 is 2.24 bits per heavy atom. The Morgan fingerprint density at radius 3 is 2.86 bits per heavy atom. The third kappa shape index (κ3) is 7.22. The van der Waals surface area contributed by atoms with Crippen molar-refractivity contribution in [2.75, 3.05) is 39.9 Å². The van der Waals surface area contributed by atoms with Crippen molar-refractivity contribution >= 4 is 5.91 Å². The molecule has 1 aliphatic rings. The van der Waals surface area contributed by atoms with Crippen LogP contribution < -0.4 is 11.1 Å². The van der Waals surface area contributed by atoms with Gasteiger partial charge in [0.05, 0.1) is 18.8 Å². The molecule has 2 atom stereocenters. The number of nitrogens with zero attached hydrogens (tertiary/aromatic N) is 1. The molecule has 6 heteroatoms. The summed E-state index contributed by atoms with van der Waals surface area (Å²) in [7, 11) is 1.74. The van der Waals surface area contributed by atoms with Crippen LogP contribution in [0.2, 0.25) is 0 Å². The largest absolute Gasteiger partial charge is 0.381 e. The number of rotatable bonds is 9. The number of likely N-dealkylation sites (tertiary alicyclic amines) is 1. The summed E-state index contributed by atoms with van der Waals surface area (Å²) in [5.74, 6) is 0.0638. The van der Waals surface area contributed by atoms with Crippen LogP contribution in [-0.2, 0) is 14.3 Å². The van der Waals surface area contributed by atoms with Crippen LogP contribution in [0.15, 0.2) is 0 Å². The lowest BCUT2D eigenvalue weighted by atomic mass is 9.99. The lowest BCUT2D eigenvalue weighted by Gasteiger charge is -2.37. The summed E-state index contributed by atoms with van der Waals surface area (Å²) >= 11 is 0. The van der Waals surface area contributed by atoms with E-state index in [0.717, 1.165) is 25.8 Å². The molecular formula is C15H31N3O3. The van der Waals surface area contributed by atoms with E-state index in [1.165, 1.54) is 0 Å². The Morgan fingerprint density at radius 1 is 1.48 bits per heavy atom. The monoisotopic (exact) mass is 301 g/mol. The summed E-state index contributed by atoms with van der Waals surface area (Å²) in [6.07, 6.45) is 3.22. The molecular weight excluding hydrogens is 270 g/mol. The van der Waals surface area contributed by atoms with Crippen molar-refractivity contribution < 1.29 is 14.3 Å². The Balaban J connectivity index is 2.21. The number of nitrogens with two attached hydrogens (primary N) is 1. The van der Waals surface area contributed by atoms with Gasteiger partial charge < -0.3 is 20.5 Å². The van der Waals surface area contributed by atoms with Gasteiger partial charge in [0.2, 0.25) is 5.91 Å². The van der Waals surface area contributed by atoms with Gasteiger partial charge in [0, 0.05) is 39.4 Å². The SMILES string of the molecule is COC1CCN(CC(=O)NCCCOC(C)C)C(CN)C1. The Hall–Kier alpha value is -0.690. The molecule has 0 aromatic heterocycles. The normalized spacial score (nSPS) is 23.5. The maximum Gasteiger partial charge on any atom is 0.234 e. The van der Waals surface area contributed by atoms with Crippen LogP contribution in [0.25, 0.3) is 0 Å². The molecule has 124 valence electrons. The third-order valence-electron chi connectivity index (χ3n) is 3.84. The summed E-state index contributed by atoms with van der Waals surface area (Å²) in [6, 6.07) is 0.235. The molecule has 0 saturated carbocycles. The Labute approximate surface area is 128 Å². The number of amides is 1. The predicted octanol–water partition coefficient (Wildman–Crippen LogP) is 0.356. The van der Waals surface area contributed by atoms with E-state index >= 15 is 0 Å². The number of piperidine rings is 1. The highest BCUT2D eigenvalue weighted by Gasteiger charge is 2.28. The number of methoxy groups -OCH3 is 1. The van der Waals surface area contributed by atoms with Crippen LogP contribution in [0.3, 0.4) is 0 Å². The molecule has 0 spiro atoms. The molecule has 1 heterocycles. The van der Waals surface area contributed by atoms with Crippen LogP contribution in [0.4, 0.5) is 0 Å². The number of carbonyl (C=O) groups is 1. The Kier molecular flexibility index (Phi) is 8.84. The van der Waals surface area contributed by atoms with Gasteiger partial charge in [0.1, 0.15) is 0 Å². The topological polar surface area (TPSA) is 76.8 Å². The van der Waals surface area contributed by atoms with Gasteiger partial charge in [-0.1, -0.05) is 0 Å². The first kappa shape index (κ1) is 18.4. The average Bonchev–Trinajstić information content (AvgIpc) is 2.47. The van der Waals surface area contributed by atoms with Gasteiger partial charge in [-0.25, -0.2) is 0 Å². The minimum atomic E-state index is 0.0638. The highest BCUT2D eigenvalue weighted by molar-refractivity contribution is 5.78. The summed E-state index contributed by atoms with van der Waals surface area (Å²) in [6.45, 7) is 7.21. The van der Waals surface area contributed by atoms with Crippen LogP contribution in [0.1, 0.15) is 33.1 Å². The average molecular weight is 301 g/mol. The second-order valence-electron chi connectivity index (χ2n) is 5.87. The molecule has 0 aromatic rings. The third-order valence-corrected chi connectivity index (χ3v) is 3.84. The molecule has 0 bridgehead atoms. The quantitative estimate of drug-likeness (QED) is 0.601. The zero-order valence-corrected chi connectivity index (χ0v) is 13.6. The van der Waals surface area contributed by atoms with E-state index < -0.39 is 0 Å². The van der Waals surface area contributed by atoms with Gasteiger partial charge in [0.15, 0.2) is 0 Å². The van der Waals surface area contributed by atoms with Crippen LogP contribution in [0, 0.1) is 0 Å². The van der Waals surface area contributed by atoms with E-state index in [4.69, 9.17) is 15.2 Å². The van der Waals surface area contributed by atoms with E-state index in [-0.39, 0.29) is 24.2 Å². The maximum absolute atomic E-state index is 12.0. The summed E-state index contributed by atoms with van der Waals surface area (Å²) in [5.41, 5.74) is 5.81. The lowest BCUT2D eigenvalue weighted by molar-refractivity contribution is -0.123. The highest BCUT2D eigenvalue weighted by atomic mass is 16.5. The summed E-state index contributed by atoms with van der Waals surface area (Å²) in [4.78, 5) is 14.1. The molecule has 1 amide bonds. The molecule has 0 aromatic carbocycles. The van der Waals surface area contributed by atoms with Crippen LogP contribution in [0.5, 0.6) is 0 Å². The molecule has 1 rings (SSSR count). The standard InChI is InChI=1S/C15H31N3O3/c1-12(2)21-8-4-6-17-15(19)11-18-7-5-14(20-3)9-13(18)10-16/h12-14H,4-11,16H2,1-3H3,(H,17,19). The number of hydrogen-bond acceptors (Lipinski definition) is 5. The van der Waals surface area contributed by atoms with Gasteiger partial charge in [-0.2, -0.15) is 0 Å². The van der Waals surface area contributed by atoms with Crippen molar-refractivity contribution in [3.05, 3.63) is 0 Å². The minimum Gasteiger partial charge on any atom is -0.381 e. The van der Waals surface area contributed by atoms with E-state index in [1.54, 1.807) is 7.11 Å². The molecule has 3 N–H and O–H groups in total. The second-order valence-corrected chi connectivity index (χ2v) is 5.87. The smallest absolute Gasteiger partial charge is 0.234 e. The molecule has 0 aliphatic carbocycles. The van der Waals surface area contributed by atoms with Gasteiger partial charge in [0.25, 0.3) is 0 Å². The maximum atomic E-state index is 12.0. The molecule has 21 heavy (non-hydrogen) atoms. The van der Waals surface area contributed by atoms with Gasteiger partial charge in [-0.05, 0) is 33.1 Å².